The van der Waals surface area contributed by atoms with Crippen molar-refractivity contribution in [1.29, 1.82) is 0 Å². The lowest BCUT2D eigenvalue weighted by Crippen LogP contribution is -2.40. The van der Waals surface area contributed by atoms with Crippen LogP contribution in [0.4, 0.5) is 0 Å². The van der Waals surface area contributed by atoms with E-state index < -0.39 is 11.7 Å². The van der Waals surface area contributed by atoms with E-state index >= 15 is 0 Å². The van der Waals surface area contributed by atoms with E-state index in [9.17, 15) is 9.59 Å². The number of hydrogen-bond donors (Lipinski definition) is 0. The number of aryl methyl sites for hydroxylation is 1. The zero-order valence-electron chi connectivity index (χ0n) is 10.8. The third kappa shape index (κ3) is 2.61. The summed E-state index contributed by atoms with van der Waals surface area (Å²) in [4.78, 5) is 25.8. The highest BCUT2D eigenvalue weighted by atomic mass is 16.5. The van der Waals surface area contributed by atoms with Crippen molar-refractivity contribution >= 4 is 11.7 Å². The van der Waals surface area contributed by atoms with Gasteiger partial charge in [0.2, 0.25) is 0 Å². The van der Waals surface area contributed by atoms with Gasteiger partial charge in [0.25, 0.3) is 11.7 Å². The third-order valence-corrected chi connectivity index (χ3v) is 3.11. The SMILES string of the molecule is C[C@@H]1CN(C(=O)C(=O)c2cccn2C)CCCO1. The number of carbonyl (C=O) groups is 2. The molecule has 1 aliphatic heterocycles. The van der Waals surface area contributed by atoms with Crippen LogP contribution in [0.15, 0.2) is 18.3 Å². The number of ketones is 1. The second kappa shape index (κ2) is 5.35. The lowest BCUT2D eigenvalue weighted by atomic mass is 10.2. The van der Waals surface area contributed by atoms with Crippen molar-refractivity contribution in [3.05, 3.63) is 24.0 Å². The average molecular weight is 250 g/mol. The van der Waals surface area contributed by atoms with Crippen molar-refractivity contribution in [2.24, 2.45) is 7.05 Å². The molecule has 1 aliphatic rings. The van der Waals surface area contributed by atoms with E-state index in [0.29, 0.717) is 25.4 Å². The molecule has 0 radical (unpaired) electrons. The van der Waals surface area contributed by atoms with Crippen molar-refractivity contribution in [3.63, 3.8) is 0 Å². The lowest BCUT2D eigenvalue weighted by Gasteiger charge is -2.21. The predicted molar refractivity (Wildman–Crippen MR) is 66.4 cm³/mol. The van der Waals surface area contributed by atoms with Gasteiger partial charge in [-0.05, 0) is 25.5 Å². The van der Waals surface area contributed by atoms with Crippen LogP contribution in [0.25, 0.3) is 0 Å². The molecule has 1 aromatic rings. The Morgan fingerprint density at radius 1 is 1.44 bits per heavy atom. The summed E-state index contributed by atoms with van der Waals surface area (Å²) in [6.45, 7) is 3.62. The Balaban J connectivity index is 2.11. The summed E-state index contributed by atoms with van der Waals surface area (Å²) in [5, 5.41) is 0. The molecule has 1 atom stereocenters. The van der Waals surface area contributed by atoms with Crippen LogP contribution in [-0.2, 0) is 16.6 Å². The van der Waals surface area contributed by atoms with Crippen molar-refractivity contribution in [2.45, 2.75) is 19.4 Å². The van der Waals surface area contributed by atoms with Crippen LogP contribution in [0, 0.1) is 0 Å². The highest BCUT2D eigenvalue weighted by molar-refractivity contribution is 6.42. The number of carbonyl (C=O) groups excluding carboxylic acids is 2. The van der Waals surface area contributed by atoms with E-state index in [-0.39, 0.29) is 6.10 Å². The van der Waals surface area contributed by atoms with Gasteiger partial charge in [-0.15, -0.1) is 0 Å². The van der Waals surface area contributed by atoms with Gasteiger partial charge in [0, 0.05) is 32.9 Å². The predicted octanol–water partition coefficient (Wildman–Crippen LogP) is 0.845. The minimum absolute atomic E-state index is 0.0161. The molecule has 1 saturated heterocycles. The van der Waals surface area contributed by atoms with Gasteiger partial charge in [-0.3, -0.25) is 9.59 Å². The largest absolute Gasteiger partial charge is 0.377 e. The lowest BCUT2D eigenvalue weighted by molar-refractivity contribution is -0.127. The minimum Gasteiger partial charge on any atom is -0.377 e. The van der Waals surface area contributed by atoms with Crippen LogP contribution >= 0.6 is 0 Å². The molecule has 1 aromatic heterocycles. The molecule has 0 aliphatic carbocycles. The van der Waals surface area contributed by atoms with Gasteiger partial charge < -0.3 is 14.2 Å². The summed E-state index contributed by atoms with van der Waals surface area (Å²) in [6.07, 6.45) is 2.52. The van der Waals surface area contributed by atoms with Crippen LogP contribution in [-0.4, -0.2) is 47.0 Å². The van der Waals surface area contributed by atoms with Crippen molar-refractivity contribution in [2.75, 3.05) is 19.7 Å². The maximum Gasteiger partial charge on any atom is 0.296 e. The second-order valence-electron chi connectivity index (χ2n) is 4.62. The molecule has 0 N–H and O–H groups in total. The zero-order chi connectivity index (χ0) is 13.1. The van der Waals surface area contributed by atoms with E-state index in [4.69, 9.17) is 4.74 Å². The summed E-state index contributed by atoms with van der Waals surface area (Å²) in [7, 11) is 1.76. The molecule has 0 unspecified atom stereocenters. The first kappa shape index (κ1) is 12.8. The quantitative estimate of drug-likeness (QED) is 0.577. The Labute approximate surface area is 106 Å². The molecule has 5 heteroatoms. The number of hydrogen-bond acceptors (Lipinski definition) is 3. The van der Waals surface area contributed by atoms with Gasteiger partial charge in [0.1, 0.15) is 0 Å². The van der Waals surface area contributed by atoms with E-state index in [2.05, 4.69) is 0 Å². The van der Waals surface area contributed by atoms with Crippen LogP contribution in [0.1, 0.15) is 23.8 Å². The monoisotopic (exact) mass is 250 g/mol. The first-order valence-corrected chi connectivity index (χ1v) is 6.16. The van der Waals surface area contributed by atoms with Gasteiger partial charge >= 0.3 is 0 Å². The number of rotatable bonds is 2. The highest BCUT2D eigenvalue weighted by Crippen LogP contribution is 2.09. The molecule has 18 heavy (non-hydrogen) atoms. The Hall–Kier alpha value is -1.62. The molecule has 0 saturated carbocycles. The van der Waals surface area contributed by atoms with E-state index in [1.807, 2.05) is 6.92 Å². The van der Waals surface area contributed by atoms with Gasteiger partial charge in [0.05, 0.1) is 11.8 Å². The third-order valence-electron chi connectivity index (χ3n) is 3.11. The molecular weight excluding hydrogens is 232 g/mol. The number of ether oxygens (including phenoxy) is 1. The first-order chi connectivity index (χ1) is 8.59. The Morgan fingerprint density at radius 3 is 2.89 bits per heavy atom. The molecule has 2 heterocycles. The van der Waals surface area contributed by atoms with E-state index in [0.717, 1.165) is 6.42 Å². The van der Waals surface area contributed by atoms with Gasteiger partial charge in [-0.2, -0.15) is 0 Å². The molecule has 5 nitrogen and oxygen atoms in total. The number of Topliss-reactive ketones (excluding diaryl/α,β-unsaturated/α-hetero) is 1. The van der Waals surface area contributed by atoms with E-state index in [1.165, 1.54) is 0 Å². The van der Waals surface area contributed by atoms with E-state index in [1.54, 1.807) is 34.8 Å². The summed E-state index contributed by atoms with van der Waals surface area (Å²) < 4.78 is 7.13. The topological polar surface area (TPSA) is 51.5 Å². The smallest absolute Gasteiger partial charge is 0.296 e. The molecule has 0 bridgehead atoms. The average Bonchev–Trinajstić information content (AvgIpc) is 2.65. The highest BCUT2D eigenvalue weighted by Gasteiger charge is 2.27. The Bertz CT molecular complexity index is 453. The Morgan fingerprint density at radius 2 is 2.22 bits per heavy atom. The fourth-order valence-corrected chi connectivity index (χ4v) is 2.13. The Kier molecular flexibility index (Phi) is 3.81. The second-order valence-corrected chi connectivity index (χ2v) is 4.62. The maximum atomic E-state index is 12.2. The molecule has 0 aromatic carbocycles. The number of nitrogens with zero attached hydrogens (tertiary/aromatic N) is 2. The summed E-state index contributed by atoms with van der Waals surface area (Å²) in [5.41, 5.74) is 0.429. The maximum absolute atomic E-state index is 12.2. The normalized spacial score (nSPS) is 20.6. The fourth-order valence-electron chi connectivity index (χ4n) is 2.13. The van der Waals surface area contributed by atoms with Crippen LogP contribution in [0.3, 0.4) is 0 Å². The minimum atomic E-state index is -0.448. The van der Waals surface area contributed by atoms with Gasteiger partial charge in [0.15, 0.2) is 0 Å². The summed E-state index contributed by atoms with van der Waals surface area (Å²) >= 11 is 0. The zero-order valence-corrected chi connectivity index (χ0v) is 10.8. The summed E-state index contributed by atoms with van der Waals surface area (Å²) in [5.74, 6) is -0.884. The standard InChI is InChI=1S/C13H18N2O3/c1-10-9-15(7-4-8-18-10)13(17)12(16)11-5-3-6-14(11)2/h3,5-6,10H,4,7-9H2,1-2H3/t10-/m1/s1. The fraction of sp³-hybridized carbons (Fsp3) is 0.538. The molecule has 98 valence electrons. The first-order valence-electron chi connectivity index (χ1n) is 6.16. The summed E-state index contributed by atoms with van der Waals surface area (Å²) in [6, 6.07) is 3.42. The van der Waals surface area contributed by atoms with Gasteiger partial charge in [-0.1, -0.05) is 0 Å². The molecular formula is C13H18N2O3. The van der Waals surface area contributed by atoms with Crippen LogP contribution in [0.2, 0.25) is 0 Å². The van der Waals surface area contributed by atoms with Gasteiger partial charge in [-0.25, -0.2) is 0 Å². The van der Waals surface area contributed by atoms with Crippen LogP contribution in [0.5, 0.6) is 0 Å². The molecule has 1 fully saturated rings. The van der Waals surface area contributed by atoms with Crippen molar-refractivity contribution < 1.29 is 14.3 Å². The molecule has 0 spiro atoms. The molecule has 1 amide bonds. The van der Waals surface area contributed by atoms with Crippen LogP contribution < -0.4 is 0 Å². The molecule has 2 rings (SSSR count). The number of amides is 1. The van der Waals surface area contributed by atoms with Crippen molar-refractivity contribution in [1.82, 2.24) is 9.47 Å². The van der Waals surface area contributed by atoms with Crippen molar-refractivity contribution in [3.8, 4) is 0 Å². The number of aromatic nitrogens is 1.